The number of amides is 1. The zero-order chi connectivity index (χ0) is 14.5. The second kappa shape index (κ2) is 6.07. The van der Waals surface area contributed by atoms with Gasteiger partial charge in [-0.1, -0.05) is 17.3 Å². The molecular formula is C11H12F3N3O2. The van der Waals surface area contributed by atoms with Crippen molar-refractivity contribution in [1.29, 1.82) is 0 Å². The van der Waals surface area contributed by atoms with Crippen molar-refractivity contribution in [2.24, 2.45) is 10.9 Å². The molecule has 0 saturated heterocycles. The van der Waals surface area contributed by atoms with E-state index in [0.29, 0.717) is 0 Å². The van der Waals surface area contributed by atoms with Crippen LogP contribution in [0.1, 0.15) is 22.3 Å². The zero-order valence-corrected chi connectivity index (χ0v) is 9.74. The molecular weight excluding hydrogens is 263 g/mol. The largest absolute Gasteiger partial charge is 0.417 e. The van der Waals surface area contributed by atoms with Crippen LogP contribution in [0.2, 0.25) is 0 Å². The van der Waals surface area contributed by atoms with Gasteiger partial charge in [0, 0.05) is 13.0 Å². The van der Waals surface area contributed by atoms with Crippen molar-refractivity contribution >= 4 is 11.7 Å². The van der Waals surface area contributed by atoms with Gasteiger partial charge in [-0.05, 0) is 12.1 Å². The molecule has 0 spiro atoms. The molecule has 0 radical (unpaired) electrons. The number of hydrogen-bond donors (Lipinski definition) is 3. The van der Waals surface area contributed by atoms with Crippen LogP contribution in [-0.4, -0.2) is 23.5 Å². The van der Waals surface area contributed by atoms with Gasteiger partial charge in [0.2, 0.25) is 0 Å². The average molecular weight is 275 g/mol. The van der Waals surface area contributed by atoms with Crippen molar-refractivity contribution in [3.63, 3.8) is 0 Å². The van der Waals surface area contributed by atoms with E-state index in [-0.39, 0.29) is 18.8 Å². The van der Waals surface area contributed by atoms with Crippen LogP contribution in [0.5, 0.6) is 0 Å². The molecule has 0 unspecified atom stereocenters. The van der Waals surface area contributed by atoms with Crippen LogP contribution in [0.3, 0.4) is 0 Å². The lowest BCUT2D eigenvalue weighted by molar-refractivity contribution is -0.137. The third-order valence-corrected chi connectivity index (χ3v) is 2.27. The van der Waals surface area contributed by atoms with Gasteiger partial charge in [0.1, 0.15) is 5.84 Å². The predicted octanol–water partition coefficient (Wildman–Crippen LogP) is 1.57. The number of hydrogen-bond acceptors (Lipinski definition) is 3. The monoisotopic (exact) mass is 275 g/mol. The van der Waals surface area contributed by atoms with Gasteiger partial charge >= 0.3 is 6.18 Å². The van der Waals surface area contributed by atoms with Crippen molar-refractivity contribution in [2.75, 3.05) is 6.54 Å². The Hall–Kier alpha value is -2.25. The highest BCUT2D eigenvalue weighted by atomic mass is 19.4. The lowest BCUT2D eigenvalue weighted by atomic mass is 10.1. The Morgan fingerprint density at radius 2 is 2.00 bits per heavy atom. The van der Waals surface area contributed by atoms with Gasteiger partial charge in [-0.25, -0.2) is 0 Å². The zero-order valence-electron chi connectivity index (χ0n) is 9.74. The second-order valence-electron chi connectivity index (χ2n) is 3.64. The minimum Gasteiger partial charge on any atom is -0.409 e. The minimum atomic E-state index is -4.60. The number of carbonyl (C=O) groups is 1. The summed E-state index contributed by atoms with van der Waals surface area (Å²) < 4.78 is 38.0. The Morgan fingerprint density at radius 1 is 1.37 bits per heavy atom. The summed E-state index contributed by atoms with van der Waals surface area (Å²) in [6.45, 7) is -0.0269. The van der Waals surface area contributed by atoms with Crippen molar-refractivity contribution in [2.45, 2.75) is 12.6 Å². The summed E-state index contributed by atoms with van der Waals surface area (Å²) in [6.07, 6.45) is -4.56. The Morgan fingerprint density at radius 3 is 2.58 bits per heavy atom. The van der Waals surface area contributed by atoms with Gasteiger partial charge in [-0.2, -0.15) is 13.2 Å². The lowest BCUT2D eigenvalue weighted by Gasteiger charge is -2.12. The van der Waals surface area contributed by atoms with Crippen molar-refractivity contribution in [1.82, 2.24) is 5.32 Å². The third kappa shape index (κ3) is 4.16. The van der Waals surface area contributed by atoms with Crippen LogP contribution in [0.15, 0.2) is 29.4 Å². The minimum absolute atomic E-state index is 0.0269. The van der Waals surface area contributed by atoms with Crippen molar-refractivity contribution < 1.29 is 23.2 Å². The summed E-state index contributed by atoms with van der Waals surface area (Å²) in [5.41, 5.74) is 3.70. The van der Waals surface area contributed by atoms with E-state index in [0.717, 1.165) is 12.1 Å². The molecule has 0 aliphatic rings. The smallest absolute Gasteiger partial charge is 0.409 e. The normalized spacial score (nSPS) is 12.3. The first-order valence-electron chi connectivity index (χ1n) is 5.27. The van der Waals surface area contributed by atoms with Crippen LogP contribution in [0.25, 0.3) is 0 Å². The van der Waals surface area contributed by atoms with Crippen LogP contribution >= 0.6 is 0 Å². The van der Waals surface area contributed by atoms with Crippen molar-refractivity contribution in [3.8, 4) is 0 Å². The Bertz CT molecular complexity index is 486. The molecule has 0 heterocycles. The number of amidine groups is 1. The molecule has 8 heteroatoms. The number of benzene rings is 1. The average Bonchev–Trinajstić information content (AvgIpc) is 2.37. The first kappa shape index (κ1) is 14.8. The molecule has 1 rings (SSSR count). The fraction of sp³-hybridized carbons (Fsp3) is 0.273. The van der Waals surface area contributed by atoms with Gasteiger partial charge in [0.15, 0.2) is 0 Å². The van der Waals surface area contributed by atoms with Gasteiger partial charge in [-0.15, -0.1) is 0 Å². The maximum absolute atomic E-state index is 12.7. The molecule has 0 bridgehead atoms. The molecule has 104 valence electrons. The SMILES string of the molecule is NC(CCNC(=O)c1ccccc1C(F)(F)F)=NO. The molecule has 0 atom stereocenters. The molecule has 5 nitrogen and oxygen atoms in total. The van der Waals surface area contributed by atoms with E-state index in [1.165, 1.54) is 12.1 Å². The highest BCUT2D eigenvalue weighted by Crippen LogP contribution is 2.31. The van der Waals surface area contributed by atoms with Gasteiger partial charge in [0.25, 0.3) is 5.91 Å². The van der Waals surface area contributed by atoms with E-state index in [1.807, 2.05) is 0 Å². The van der Waals surface area contributed by atoms with Crippen LogP contribution in [0.4, 0.5) is 13.2 Å². The number of halogens is 3. The summed E-state index contributed by atoms with van der Waals surface area (Å²) in [4.78, 5) is 11.6. The molecule has 1 amide bonds. The van der Waals surface area contributed by atoms with Crippen LogP contribution in [0, 0.1) is 0 Å². The van der Waals surface area contributed by atoms with Gasteiger partial charge in [0.05, 0.1) is 11.1 Å². The van der Waals surface area contributed by atoms with E-state index in [4.69, 9.17) is 10.9 Å². The third-order valence-electron chi connectivity index (χ3n) is 2.27. The number of nitrogens with zero attached hydrogens (tertiary/aromatic N) is 1. The fourth-order valence-electron chi connectivity index (χ4n) is 1.38. The summed E-state index contributed by atoms with van der Waals surface area (Å²) in [6, 6.07) is 4.46. The highest BCUT2D eigenvalue weighted by molar-refractivity contribution is 5.96. The summed E-state index contributed by atoms with van der Waals surface area (Å²) in [5, 5.41) is 13.2. The molecule has 19 heavy (non-hydrogen) atoms. The second-order valence-corrected chi connectivity index (χ2v) is 3.64. The van der Waals surface area contributed by atoms with E-state index >= 15 is 0 Å². The van der Waals surface area contributed by atoms with E-state index in [2.05, 4.69) is 10.5 Å². The number of nitrogens with two attached hydrogens (primary N) is 1. The number of nitrogens with one attached hydrogen (secondary N) is 1. The van der Waals surface area contributed by atoms with Crippen LogP contribution in [-0.2, 0) is 6.18 Å². The van der Waals surface area contributed by atoms with Gasteiger partial charge < -0.3 is 16.3 Å². The molecule has 0 saturated carbocycles. The first-order chi connectivity index (χ1) is 8.86. The van der Waals surface area contributed by atoms with Gasteiger partial charge in [-0.3, -0.25) is 4.79 Å². The predicted molar refractivity (Wildman–Crippen MR) is 61.8 cm³/mol. The van der Waals surface area contributed by atoms with E-state index in [1.54, 1.807) is 0 Å². The molecule has 0 aromatic heterocycles. The Labute approximate surface area is 106 Å². The van der Waals surface area contributed by atoms with Crippen molar-refractivity contribution in [3.05, 3.63) is 35.4 Å². The van der Waals surface area contributed by atoms with E-state index in [9.17, 15) is 18.0 Å². The number of oxime groups is 1. The number of rotatable bonds is 4. The maximum atomic E-state index is 12.7. The standard InChI is InChI=1S/C11H12F3N3O2/c12-11(13,14)8-4-2-1-3-7(8)10(18)16-6-5-9(15)17-19/h1-4,19H,5-6H2,(H2,15,17)(H,16,18). The highest BCUT2D eigenvalue weighted by Gasteiger charge is 2.34. The lowest BCUT2D eigenvalue weighted by Crippen LogP contribution is -2.29. The molecule has 0 fully saturated rings. The molecule has 0 aliphatic carbocycles. The van der Waals surface area contributed by atoms with E-state index < -0.39 is 23.2 Å². The molecule has 1 aromatic rings. The number of alkyl halides is 3. The maximum Gasteiger partial charge on any atom is 0.417 e. The summed E-state index contributed by atoms with van der Waals surface area (Å²) in [7, 11) is 0. The molecule has 0 aliphatic heterocycles. The fourth-order valence-corrected chi connectivity index (χ4v) is 1.38. The van der Waals surface area contributed by atoms with Crippen LogP contribution < -0.4 is 11.1 Å². The summed E-state index contributed by atoms with van der Waals surface area (Å²) >= 11 is 0. The number of carbonyl (C=O) groups excluding carboxylic acids is 1. The summed E-state index contributed by atoms with van der Waals surface area (Å²) in [5.74, 6) is -0.983. The Balaban J connectivity index is 2.78. The first-order valence-corrected chi connectivity index (χ1v) is 5.27. The quantitative estimate of drug-likeness (QED) is 0.337. The molecule has 4 N–H and O–H groups in total. The Kier molecular flexibility index (Phi) is 4.74. The topological polar surface area (TPSA) is 87.7 Å². The molecule has 1 aromatic carbocycles.